The summed E-state index contributed by atoms with van der Waals surface area (Å²) in [6.07, 6.45) is 0. The molecule has 8 nitrogen and oxygen atoms in total. The highest BCUT2D eigenvalue weighted by atomic mass is 32.2. The van der Waals surface area contributed by atoms with Crippen molar-refractivity contribution in [1.29, 1.82) is 0 Å². The number of likely N-dealkylation sites (N-methyl/N-ethyl adjacent to an activating group) is 1. The molecule has 0 spiro atoms. The third kappa shape index (κ3) is 7.83. The van der Waals surface area contributed by atoms with Crippen molar-refractivity contribution in [2.75, 3.05) is 31.9 Å². The highest BCUT2D eigenvalue weighted by molar-refractivity contribution is 7.99. The maximum atomic E-state index is 12.4. The molecule has 0 radical (unpaired) electrons. The van der Waals surface area contributed by atoms with Crippen molar-refractivity contribution >= 4 is 29.3 Å². The number of nitro benzene ring substituents is 1. The van der Waals surface area contributed by atoms with Gasteiger partial charge in [-0.3, -0.25) is 19.7 Å². The zero-order valence-electron chi connectivity index (χ0n) is 15.4. The van der Waals surface area contributed by atoms with Gasteiger partial charge in [0.15, 0.2) is 0 Å². The first kappa shape index (κ1) is 21.9. The number of carbonyl (C=O) groups excluding carboxylic acids is 2. The third-order valence-electron chi connectivity index (χ3n) is 3.76. The van der Waals surface area contributed by atoms with E-state index in [0.29, 0.717) is 11.4 Å². The molecule has 0 aliphatic carbocycles. The SMILES string of the molecule is CCN(CC)CCNC(=O)C(CSc1cccc([N+](=O)[O-])c1)NC(C)=O. The molecule has 0 bridgehead atoms. The predicted octanol–water partition coefficient (Wildman–Crippen LogP) is 1.65. The van der Waals surface area contributed by atoms with Gasteiger partial charge in [0.2, 0.25) is 11.8 Å². The molecule has 9 heteroatoms. The van der Waals surface area contributed by atoms with Crippen molar-refractivity contribution < 1.29 is 14.5 Å². The number of nitrogens with one attached hydrogen (secondary N) is 2. The Balaban J connectivity index is 2.62. The number of nitro groups is 1. The van der Waals surface area contributed by atoms with E-state index in [0.717, 1.165) is 19.6 Å². The van der Waals surface area contributed by atoms with Crippen molar-refractivity contribution in [1.82, 2.24) is 15.5 Å². The minimum atomic E-state index is -0.700. The van der Waals surface area contributed by atoms with Crippen LogP contribution in [0.2, 0.25) is 0 Å². The standard InChI is InChI=1S/C17H26N4O4S/c1-4-20(5-2)10-9-18-17(23)16(19-13(3)22)12-26-15-8-6-7-14(11-15)21(24)25/h6-8,11,16H,4-5,9-10,12H2,1-3H3,(H,18,23)(H,19,22). The molecule has 1 unspecified atom stereocenters. The van der Waals surface area contributed by atoms with E-state index in [-0.39, 0.29) is 23.3 Å². The summed E-state index contributed by atoms with van der Waals surface area (Å²) in [6, 6.07) is 5.50. The van der Waals surface area contributed by atoms with Crippen molar-refractivity contribution in [2.24, 2.45) is 0 Å². The Kier molecular flexibility index (Phi) is 9.67. The number of rotatable bonds is 11. The summed E-state index contributed by atoms with van der Waals surface area (Å²) in [5, 5.41) is 16.3. The van der Waals surface area contributed by atoms with E-state index in [1.54, 1.807) is 12.1 Å². The van der Waals surface area contributed by atoms with Gasteiger partial charge in [-0.05, 0) is 19.2 Å². The highest BCUT2D eigenvalue weighted by Crippen LogP contribution is 2.23. The summed E-state index contributed by atoms with van der Waals surface area (Å²) in [6.45, 7) is 8.52. The highest BCUT2D eigenvalue weighted by Gasteiger charge is 2.20. The van der Waals surface area contributed by atoms with E-state index in [1.165, 1.54) is 30.8 Å². The minimum Gasteiger partial charge on any atom is -0.353 e. The molecule has 26 heavy (non-hydrogen) atoms. The maximum absolute atomic E-state index is 12.4. The molecule has 0 fully saturated rings. The number of amides is 2. The zero-order chi connectivity index (χ0) is 19.5. The van der Waals surface area contributed by atoms with Crippen LogP contribution in [0.5, 0.6) is 0 Å². The van der Waals surface area contributed by atoms with Gasteiger partial charge in [0.1, 0.15) is 6.04 Å². The molecule has 0 aliphatic rings. The van der Waals surface area contributed by atoms with Gasteiger partial charge >= 0.3 is 0 Å². The number of thioether (sulfide) groups is 1. The van der Waals surface area contributed by atoms with Crippen LogP contribution in [0.25, 0.3) is 0 Å². The topological polar surface area (TPSA) is 105 Å². The second kappa shape index (κ2) is 11.5. The van der Waals surface area contributed by atoms with Gasteiger partial charge in [0.25, 0.3) is 5.69 Å². The molecule has 144 valence electrons. The first-order valence-corrected chi connectivity index (χ1v) is 9.50. The van der Waals surface area contributed by atoms with Crippen molar-refractivity contribution in [3.05, 3.63) is 34.4 Å². The molecule has 0 heterocycles. The number of non-ortho nitro benzene ring substituents is 1. The smallest absolute Gasteiger partial charge is 0.270 e. The monoisotopic (exact) mass is 382 g/mol. The molecule has 0 saturated carbocycles. The number of benzene rings is 1. The fourth-order valence-electron chi connectivity index (χ4n) is 2.29. The number of nitrogens with zero attached hydrogens (tertiary/aromatic N) is 2. The first-order valence-electron chi connectivity index (χ1n) is 8.51. The molecule has 1 atom stereocenters. The van der Waals surface area contributed by atoms with Crippen LogP contribution in [-0.2, 0) is 9.59 Å². The largest absolute Gasteiger partial charge is 0.353 e. The van der Waals surface area contributed by atoms with Gasteiger partial charge < -0.3 is 15.5 Å². The van der Waals surface area contributed by atoms with Gasteiger partial charge in [-0.1, -0.05) is 19.9 Å². The molecular weight excluding hydrogens is 356 g/mol. The second-order valence-corrected chi connectivity index (χ2v) is 6.73. The van der Waals surface area contributed by atoms with Crippen LogP contribution in [-0.4, -0.2) is 59.6 Å². The van der Waals surface area contributed by atoms with Crippen LogP contribution in [0.1, 0.15) is 20.8 Å². The lowest BCUT2D eigenvalue weighted by molar-refractivity contribution is -0.385. The van der Waals surface area contributed by atoms with Crippen LogP contribution < -0.4 is 10.6 Å². The Hall–Kier alpha value is -2.13. The Labute approximate surface area is 157 Å². The summed E-state index contributed by atoms with van der Waals surface area (Å²) >= 11 is 1.29. The fourth-order valence-corrected chi connectivity index (χ4v) is 3.27. The molecular formula is C17H26N4O4S. The Morgan fingerprint density at radius 1 is 1.31 bits per heavy atom. The Bertz CT molecular complexity index is 623. The van der Waals surface area contributed by atoms with Crippen LogP contribution in [0.3, 0.4) is 0 Å². The van der Waals surface area contributed by atoms with Crippen LogP contribution in [0.15, 0.2) is 29.2 Å². The van der Waals surface area contributed by atoms with Crippen LogP contribution in [0, 0.1) is 10.1 Å². The van der Waals surface area contributed by atoms with Crippen molar-refractivity contribution in [3.8, 4) is 0 Å². The normalized spacial score (nSPS) is 11.8. The van der Waals surface area contributed by atoms with Gasteiger partial charge in [-0.15, -0.1) is 11.8 Å². The first-order chi connectivity index (χ1) is 12.4. The molecule has 2 amide bonds. The summed E-state index contributed by atoms with van der Waals surface area (Å²) in [5.74, 6) is -0.267. The quantitative estimate of drug-likeness (QED) is 0.343. The fraction of sp³-hybridized carbons (Fsp3) is 0.529. The number of carbonyl (C=O) groups is 2. The minimum absolute atomic E-state index is 0.00486. The Morgan fingerprint density at radius 3 is 2.58 bits per heavy atom. The Morgan fingerprint density at radius 2 is 2.00 bits per heavy atom. The number of hydrogen-bond acceptors (Lipinski definition) is 6. The van der Waals surface area contributed by atoms with Gasteiger partial charge in [-0.2, -0.15) is 0 Å². The summed E-state index contributed by atoms with van der Waals surface area (Å²) in [7, 11) is 0. The molecule has 1 rings (SSSR count). The zero-order valence-corrected chi connectivity index (χ0v) is 16.2. The molecule has 0 saturated heterocycles. The van der Waals surface area contributed by atoms with E-state index < -0.39 is 11.0 Å². The molecule has 1 aromatic rings. The molecule has 0 aliphatic heterocycles. The lowest BCUT2D eigenvalue weighted by Gasteiger charge is -2.20. The summed E-state index contributed by atoms with van der Waals surface area (Å²) in [5.41, 5.74) is -0.00486. The van der Waals surface area contributed by atoms with E-state index in [4.69, 9.17) is 0 Å². The molecule has 2 N–H and O–H groups in total. The van der Waals surface area contributed by atoms with Crippen molar-refractivity contribution in [2.45, 2.75) is 31.7 Å². The van der Waals surface area contributed by atoms with E-state index in [2.05, 4.69) is 29.4 Å². The van der Waals surface area contributed by atoms with Crippen LogP contribution >= 0.6 is 11.8 Å². The predicted molar refractivity (Wildman–Crippen MR) is 102 cm³/mol. The second-order valence-electron chi connectivity index (χ2n) is 5.64. The lowest BCUT2D eigenvalue weighted by atomic mass is 10.3. The number of hydrogen-bond donors (Lipinski definition) is 2. The van der Waals surface area contributed by atoms with E-state index in [1.807, 2.05) is 0 Å². The molecule has 0 aromatic heterocycles. The average molecular weight is 382 g/mol. The molecule has 1 aromatic carbocycles. The third-order valence-corrected chi connectivity index (χ3v) is 4.85. The van der Waals surface area contributed by atoms with Crippen LogP contribution in [0.4, 0.5) is 5.69 Å². The van der Waals surface area contributed by atoms with E-state index in [9.17, 15) is 19.7 Å². The lowest BCUT2D eigenvalue weighted by Crippen LogP contribution is -2.49. The van der Waals surface area contributed by atoms with E-state index >= 15 is 0 Å². The van der Waals surface area contributed by atoms with Crippen molar-refractivity contribution in [3.63, 3.8) is 0 Å². The summed E-state index contributed by atoms with van der Waals surface area (Å²) in [4.78, 5) is 37.0. The van der Waals surface area contributed by atoms with Gasteiger partial charge in [0, 0.05) is 42.8 Å². The van der Waals surface area contributed by atoms with Gasteiger partial charge in [0.05, 0.1) is 4.92 Å². The maximum Gasteiger partial charge on any atom is 0.270 e. The summed E-state index contributed by atoms with van der Waals surface area (Å²) < 4.78 is 0. The van der Waals surface area contributed by atoms with Gasteiger partial charge in [-0.25, -0.2) is 0 Å². The average Bonchev–Trinajstić information content (AvgIpc) is 2.62.